The predicted octanol–water partition coefficient (Wildman–Crippen LogP) is 3.42. The Morgan fingerprint density at radius 2 is 2.12 bits per heavy atom. The van der Waals surface area contributed by atoms with E-state index in [2.05, 4.69) is 42.7 Å². The third kappa shape index (κ3) is 3.97. The number of morpholine rings is 1. The molecule has 1 N–H and O–H groups in total. The van der Waals surface area contributed by atoms with Crippen LogP contribution in [-0.2, 0) is 11.3 Å². The Kier molecular flexibility index (Phi) is 4.91. The molecule has 3 aromatic rings. The monoisotopic (exact) mass is 373 g/mol. The van der Waals surface area contributed by atoms with E-state index in [0.29, 0.717) is 0 Å². The summed E-state index contributed by atoms with van der Waals surface area (Å²) in [7, 11) is 0. The van der Waals surface area contributed by atoms with Crippen LogP contribution in [0, 0.1) is 6.92 Å². The molecule has 1 saturated heterocycles. The first-order valence-corrected chi connectivity index (χ1v) is 9.87. The van der Waals surface area contributed by atoms with Crippen molar-refractivity contribution in [2.45, 2.75) is 13.5 Å². The molecule has 6 nitrogen and oxygen atoms in total. The lowest BCUT2D eigenvalue weighted by atomic mass is 10.3. The van der Waals surface area contributed by atoms with E-state index in [-0.39, 0.29) is 0 Å². The van der Waals surface area contributed by atoms with Gasteiger partial charge in [0.2, 0.25) is 0 Å². The van der Waals surface area contributed by atoms with E-state index in [1.165, 1.54) is 9.75 Å². The number of nitrogens with zero attached hydrogens (tertiary/aromatic N) is 4. The first-order valence-electron chi connectivity index (χ1n) is 8.18. The van der Waals surface area contributed by atoms with Gasteiger partial charge < -0.3 is 15.0 Å². The summed E-state index contributed by atoms with van der Waals surface area (Å²) in [4.78, 5) is 17.9. The first-order chi connectivity index (χ1) is 12.3. The quantitative estimate of drug-likeness (QED) is 0.739. The van der Waals surface area contributed by atoms with Crippen molar-refractivity contribution >= 4 is 34.3 Å². The van der Waals surface area contributed by atoms with Gasteiger partial charge in [0.05, 0.1) is 35.3 Å². The molecule has 0 bridgehead atoms. The number of nitrogens with one attached hydrogen (secondary N) is 1. The van der Waals surface area contributed by atoms with Gasteiger partial charge in [0.25, 0.3) is 0 Å². The Bertz CT molecular complexity index is 841. The Labute approximate surface area is 154 Å². The number of aryl methyl sites for hydroxylation is 1. The average Bonchev–Trinajstić information content (AvgIpc) is 3.30. The van der Waals surface area contributed by atoms with Gasteiger partial charge in [-0.05, 0) is 19.1 Å². The summed E-state index contributed by atoms with van der Waals surface area (Å²) in [5.74, 6) is 1.79. The normalized spacial score (nSPS) is 14.7. The Morgan fingerprint density at radius 1 is 1.24 bits per heavy atom. The molecular formula is C17H19N5OS2. The lowest BCUT2D eigenvalue weighted by Crippen LogP contribution is -2.36. The fourth-order valence-electron chi connectivity index (χ4n) is 2.67. The van der Waals surface area contributed by atoms with Crippen molar-refractivity contribution in [2.75, 3.05) is 36.5 Å². The summed E-state index contributed by atoms with van der Waals surface area (Å²) >= 11 is 3.45. The summed E-state index contributed by atoms with van der Waals surface area (Å²) in [6.45, 7) is 6.02. The second-order valence-electron chi connectivity index (χ2n) is 5.73. The summed E-state index contributed by atoms with van der Waals surface area (Å²) < 4.78 is 5.39. The van der Waals surface area contributed by atoms with Gasteiger partial charge in [0.15, 0.2) is 0 Å². The van der Waals surface area contributed by atoms with Gasteiger partial charge in [0, 0.05) is 29.4 Å². The molecule has 25 heavy (non-hydrogen) atoms. The minimum atomic E-state index is 0.743. The predicted molar refractivity (Wildman–Crippen MR) is 103 cm³/mol. The second-order valence-corrected chi connectivity index (χ2v) is 7.96. The van der Waals surface area contributed by atoms with Crippen LogP contribution in [0.4, 0.5) is 11.6 Å². The lowest BCUT2D eigenvalue weighted by molar-refractivity contribution is 0.122. The van der Waals surface area contributed by atoms with Gasteiger partial charge in [-0.2, -0.15) is 0 Å². The van der Waals surface area contributed by atoms with Crippen LogP contribution in [0.2, 0.25) is 0 Å². The molecule has 1 aliphatic rings. The third-order valence-corrected chi connectivity index (χ3v) is 5.85. The maximum absolute atomic E-state index is 5.39. The topological polar surface area (TPSA) is 63.2 Å². The zero-order chi connectivity index (χ0) is 17.1. The van der Waals surface area contributed by atoms with Crippen molar-refractivity contribution in [3.05, 3.63) is 39.8 Å². The summed E-state index contributed by atoms with van der Waals surface area (Å²) in [5, 5.41) is 6.60. The van der Waals surface area contributed by atoms with Crippen LogP contribution < -0.4 is 10.2 Å². The maximum atomic E-state index is 5.39. The molecule has 3 aromatic heterocycles. The molecule has 0 radical (unpaired) electrons. The summed E-state index contributed by atoms with van der Waals surface area (Å²) in [5.41, 5.74) is 1.07. The van der Waals surface area contributed by atoms with Gasteiger partial charge in [-0.25, -0.2) is 15.0 Å². The summed E-state index contributed by atoms with van der Waals surface area (Å²) in [6, 6.07) is 6.28. The van der Waals surface area contributed by atoms with E-state index >= 15 is 0 Å². The van der Waals surface area contributed by atoms with Gasteiger partial charge in [-0.3, -0.25) is 0 Å². The molecule has 1 aliphatic heterocycles. The smallest absolute Gasteiger partial charge is 0.134 e. The molecule has 4 heterocycles. The lowest BCUT2D eigenvalue weighted by Gasteiger charge is -2.27. The second kappa shape index (κ2) is 7.47. The molecule has 0 amide bonds. The van der Waals surface area contributed by atoms with Crippen LogP contribution in [0.25, 0.3) is 10.6 Å². The van der Waals surface area contributed by atoms with Crippen molar-refractivity contribution in [1.29, 1.82) is 0 Å². The van der Waals surface area contributed by atoms with Crippen molar-refractivity contribution < 1.29 is 4.74 Å². The van der Waals surface area contributed by atoms with E-state index < -0.39 is 0 Å². The number of aromatic nitrogens is 3. The minimum absolute atomic E-state index is 0.743. The van der Waals surface area contributed by atoms with Crippen LogP contribution in [0.1, 0.15) is 9.88 Å². The maximum Gasteiger partial charge on any atom is 0.134 e. The highest BCUT2D eigenvalue weighted by atomic mass is 32.1. The van der Waals surface area contributed by atoms with Gasteiger partial charge in [-0.15, -0.1) is 22.7 Å². The summed E-state index contributed by atoms with van der Waals surface area (Å²) in [6.07, 6.45) is 1.62. The van der Waals surface area contributed by atoms with E-state index in [1.54, 1.807) is 29.0 Å². The highest BCUT2D eigenvalue weighted by molar-refractivity contribution is 7.16. The van der Waals surface area contributed by atoms with Crippen LogP contribution >= 0.6 is 22.7 Å². The number of anilines is 2. The first kappa shape index (κ1) is 16.4. The molecule has 0 aliphatic carbocycles. The molecular weight excluding hydrogens is 354 g/mol. The Hall–Kier alpha value is -2.03. The Balaban J connectivity index is 1.40. The minimum Gasteiger partial charge on any atom is -0.378 e. The largest absolute Gasteiger partial charge is 0.378 e. The van der Waals surface area contributed by atoms with Gasteiger partial charge in [0.1, 0.15) is 18.0 Å². The highest BCUT2D eigenvalue weighted by Gasteiger charge is 2.13. The molecule has 0 saturated carbocycles. The van der Waals surface area contributed by atoms with Crippen LogP contribution in [0.3, 0.4) is 0 Å². The molecule has 130 valence electrons. The molecule has 0 unspecified atom stereocenters. The van der Waals surface area contributed by atoms with E-state index in [4.69, 9.17) is 4.74 Å². The molecule has 0 aromatic carbocycles. The van der Waals surface area contributed by atoms with Crippen molar-refractivity contribution in [1.82, 2.24) is 15.0 Å². The van der Waals surface area contributed by atoms with E-state index in [0.717, 1.165) is 55.2 Å². The number of rotatable bonds is 5. The van der Waals surface area contributed by atoms with Crippen molar-refractivity contribution in [2.24, 2.45) is 0 Å². The Morgan fingerprint density at radius 3 is 2.92 bits per heavy atom. The fraction of sp³-hybridized carbons (Fsp3) is 0.353. The number of hydrogen-bond donors (Lipinski definition) is 1. The van der Waals surface area contributed by atoms with Crippen LogP contribution in [0.5, 0.6) is 0 Å². The fourth-order valence-corrected chi connectivity index (χ4v) is 4.27. The molecule has 8 heteroatoms. The molecule has 1 fully saturated rings. The molecule has 0 atom stereocenters. The number of thiophene rings is 1. The zero-order valence-electron chi connectivity index (χ0n) is 13.9. The van der Waals surface area contributed by atoms with Crippen LogP contribution in [0.15, 0.2) is 29.9 Å². The van der Waals surface area contributed by atoms with E-state index in [9.17, 15) is 0 Å². The zero-order valence-corrected chi connectivity index (χ0v) is 15.6. The molecule has 4 rings (SSSR count). The van der Waals surface area contributed by atoms with Gasteiger partial charge >= 0.3 is 0 Å². The average molecular weight is 374 g/mol. The standard InChI is InChI=1S/C17H19N5OS2/c1-12-21-14(10-24-12)15-3-2-13(25-15)9-18-16-8-17(20-11-19-16)22-4-6-23-7-5-22/h2-3,8,10-11H,4-7,9H2,1H3,(H,18,19,20). The number of ether oxygens (including phenoxy) is 1. The van der Waals surface area contributed by atoms with Gasteiger partial charge in [-0.1, -0.05) is 0 Å². The SMILES string of the molecule is Cc1nc(-c2ccc(CNc3cc(N4CCOCC4)ncn3)s2)cs1. The van der Waals surface area contributed by atoms with Crippen molar-refractivity contribution in [3.63, 3.8) is 0 Å². The molecule has 0 spiro atoms. The highest BCUT2D eigenvalue weighted by Crippen LogP contribution is 2.29. The third-order valence-electron chi connectivity index (χ3n) is 3.96. The van der Waals surface area contributed by atoms with E-state index in [1.807, 2.05) is 13.0 Å². The number of thiazole rings is 1. The van der Waals surface area contributed by atoms with Crippen LogP contribution in [-0.4, -0.2) is 41.3 Å². The number of hydrogen-bond acceptors (Lipinski definition) is 8. The van der Waals surface area contributed by atoms with Crippen molar-refractivity contribution in [3.8, 4) is 10.6 Å².